The second kappa shape index (κ2) is 4.37. The van der Waals surface area contributed by atoms with E-state index in [0.717, 1.165) is 6.07 Å². The van der Waals surface area contributed by atoms with Gasteiger partial charge in [-0.15, -0.1) is 13.2 Å². The Hall–Kier alpha value is -1.46. The highest BCUT2D eigenvalue weighted by Crippen LogP contribution is 2.29. The zero-order chi connectivity index (χ0) is 11.5. The topological polar surface area (TPSA) is 31.4 Å². The molecule has 1 radical (unpaired) electrons. The van der Waals surface area contributed by atoms with Crippen LogP contribution in [0.2, 0.25) is 0 Å². The fraction of sp³-hybridized carbons (Fsp3) is 0.333. The van der Waals surface area contributed by atoms with Gasteiger partial charge in [-0.1, -0.05) is 0 Å². The smallest absolute Gasteiger partial charge is 0.478 e. The molecule has 0 N–H and O–H groups in total. The first-order valence-corrected chi connectivity index (χ1v) is 4.13. The van der Waals surface area contributed by atoms with E-state index in [0.29, 0.717) is 6.61 Å². The van der Waals surface area contributed by atoms with Gasteiger partial charge in [0.25, 0.3) is 0 Å². The molecule has 1 heterocycles. The van der Waals surface area contributed by atoms with Crippen molar-refractivity contribution in [2.75, 3.05) is 6.61 Å². The number of nitrogens with zero attached hydrogens (tertiary/aromatic N) is 1. The van der Waals surface area contributed by atoms with Crippen LogP contribution >= 0.6 is 0 Å². The normalized spacial score (nSPS) is 11.3. The number of rotatable bonds is 3. The van der Waals surface area contributed by atoms with E-state index in [9.17, 15) is 13.2 Å². The molecular formula is C9H9F3NO2. The highest BCUT2D eigenvalue weighted by molar-refractivity contribution is 5.41. The maximum atomic E-state index is 11.9. The summed E-state index contributed by atoms with van der Waals surface area (Å²) in [5, 5.41) is 0. The third-order valence-electron chi connectivity index (χ3n) is 1.48. The lowest BCUT2D eigenvalue weighted by molar-refractivity contribution is -0.274. The quantitative estimate of drug-likeness (QED) is 0.784. The van der Waals surface area contributed by atoms with Crippen LogP contribution in [-0.2, 0) is 0 Å². The molecule has 3 nitrogen and oxygen atoms in total. The number of alkyl halides is 3. The predicted molar refractivity (Wildman–Crippen MR) is 46.5 cm³/mol. The van der Waals surface area contributed by atoms with Gasteiger partial charge in [-0.2, -0.15) is 0 Å². The van der Waals surface area contributed by atoms with Crippen molar-refractivity contribution in [1.29, 1.82) is 0 Å². The number of hydrogen-bond donors (Lipinski definition) is 0. The third-order valence-corrected chi connectivity index (χ3v) is 1.48. The van der Waals surface area contributed by atoms with Crippen molar-refractivity contribution >= 4 is 0 Å². The summed E-state index contributed by atoms with van der Waals surface area (Å²) in [6.45, 7) is 5.40. The molecule has 0 aliphatic heterocycles. The Labute approximate surface area is 84.8 Å². The van der Waals surface area contributed by atoms with Crippen LogP contribution in [0, 0.1) is 6.92 Å². The van der Waals surface area contributed by atoms with Gasteiger partial charge in [0.15, 0.2) is 0 Å². The molecule has 0 spiro atoms. The Bertz CT molecular complexity index is 339. The van der Waals surface area contributed by atoms with Crippen molar-refractivity contribution in [1.82, 2.24) is 4.98 Å². The van der Waals surface area contributed by atoms with Gasteiger partial charge < -0.3 is 9.47 Å². The fourth-order valence-corrected chi connectivity index (χ4v) is 0.938. The number of ether oxygens (including phenoxy) is 2. The average molecular weight is 220 g/mol. The van der Waals surface area contributed by atoms with E-state index >= 15 is 0 Å². The van der Waals surface area contributed by atoms with E-state index in [4.69, 9.17) is 4.74 Å². The van der Waals surface area contributed by atoms with Crippen LogP contribution in [0.15, 0.2) is 12.3 Å². The molecule has 1 aromatic heterocycles. The summed E-state index contributed by atoms with van der Waals surface area (Å²) < 4.78 is 44.5. The van der Waals surface area contributed by atoms with Crippen LogP contribution in [-0.4, -0.2) is 18.0 Å². The second-order valence-electron chi connectivity index (χ2n) is 2.57. The van der Waals surface area contributed by atoms with Gasteiger partial charge in [-0.25, -0.2) is 4.98 Å². The van der Waals surface area contributed by atoms with Crippen molar-refractivity contribution in [3.05, 3.63) is 24.8 Å². The van der Waals surface area contributed by atoms with E-state index in [1.54, 1.807) is 6.92 Å². The highest BCUT2D eigenvalue weighted by Gasteiger charge is 2.32. The minimum absolute atomic E-state index is 0.0170. The number of pyridine rings is 1. The van der Waals surface area contributed by atoms with Crippen molar-refractivity contribution in [2.24, 2.45) is 0 Å². The van der Waals surface area contributed by atoms with Gasteiger partial charge >= 0.3 is 6.36 Å². The van der Waals surface area contributed by atoms with E-state index in [2.05, 4.69) is 16.6 Å². The van der Waals surface area contributed by atoms with Crippen LogP contribution in [0.3, 0.4) is 0 Å². The molecule has 0 aliphatic rings. The molecule has 83 valence electrons. The number of hydrogen-bond acceptors (Lipinski definition) is 3. The summed E-state index contributed by atoms with van der Waals surface area (Å²) in [5.74, 6) is -0.361. The van der Waals surface area contributed by atoms with Crippen molar-refractivity contribution in [3.8, 4) is 11.6 Å². The van der Waals surface area contributed by atoms with Crippen molar-refractivity contribution in [3.63, 3.8) is 0 Å². The fourth-order valence-electron chi connectivity index (χ4n) is 0.938. The molecular weight excluding hydrogens is 211 g/mol. The number of halogens is 3. The zero-order valence-electron chi connectivity index (χ0n) is 7.97. The lowest BCUT2D eigenvalue weighted by Crippen LogP contribution is -2.18. The first-order chi connectivity index (χ1) is 6.94. The van der Waals surface area contributed by atoms with Gasteiger partial charge in [0.1, 0.15) is 5.75 Å². The van der Waals surface area contributed by atoms with E-state index in [1.807, 2.05) is 0 Å². The molecule has 0 saturated heterocycles. The summed E-state index contributed by atoms with van der Waals surface area (Å²) in [4.78, 5) is 3.73. The molecule has 0 bridgehead atoms. The lowest BCUT2D eigenvalue weighted by Gasteiger charge is -2.12. The highest BCUT2D eigenvalue weighted by atomic mass is 19.4. The van der Waals surface area contributed by atoms with Gasteiger partial charge in [0.2, 0.25) is 5.88 Å². The minimum atomic E-state index is -4.74. The summed E-state index contributed by atoms with van der Waals surface area (Å²) >= 11 is 0. The lowest BCUT2D eigenvalue weighted by atomic mass is 10.3. The SMILES string of the molecule is [CH2]c1c(OC(F)(F)F)ccnc1OCC. The molecule has 0 fully saturated rings. The maximum Gasteiger partial charge on any atom is 0.573 e. The predicted octanol–water partition coefficient (Wildman–Crippen LogP) is 2.56. The van der Waals surface area contributed by atoms with Crippen molar-refractivity contribution < 1.29 is 22.6 Å². The molecule has 0 aliphatic carbocycles. The van der Waals surface area contributed by atoms with Crippen LogP contribution in [0.1, 0.15) is 12.5 Å². The molecule has 6 heteroatoms. The first-order valence-electron chi connectivity index (χ1n) is 4.13. The monoisotopic (exact) mass is 220 g/mol. The molecule has 0 atom stereocenters. The van der Waals surface area contributed by atoms with E-state index < -0.39 is 12.1 Å². The van der Waals surface area contributed by atoms with Crippen LogP contribution < -0.4 is 9.47 Å². The first kappa shape index (κ1) is 11.6. The summed E-state index contributed by atoms with van der Waals surface area (Å²) in [6, 6.07) is 1.08. The Morgan fingerprint density at radius 1 is 1.47 bits per heavy atom. The van der Waals surface area contributed by atoms with Crippen molar-refractivity contribution in [2.45, 2.75) is 13.3 Å². The average Bonchev–Trinajstić information content (AvgIpc) is 2.10. The summed E-state index contributed by atoms with van der Waals surface area (Å²) in [6.07, 6.45) is -3.57. The minimum Gasteiger partial charge on any atom is -0.478 e. The molecule has 0 saturated carbocycles. The molecule has 15 heavy (non-hydrogen) atoms. The molecule has 0 aromatic carbocycles. The largest absolute Gasteiger partial charge is 0.573 e. The van der Waals surface area contributed by atoms with Crippen LogP contribution in [0.5, 0.6) is 11.6 Å². The van der Waals surface area contributed by atoms with Gasteiger partial charge in [0, 0.05) is 6.20 Å². The second-order valence-corrected chi connectivity index (χ2v) is 2.57. The molecule has 1 rings (SSSR count). The van der Waals surface area contributed by atoms with Gasteiger partial charge in [0.05, 0.1) is 12.2 Å². The molecule has 0 unspecified atom stereocenters. The zero-order valence-corrected chi connectivity index (χ0v) is 7.97. The van der Waals surface area contributed by atoms with Crippen LogP contribution in [0.25, 0.3) is 0 Å². The molecule has 0 amide bonds. The Morgan fingerprint density at radius 3 is 2.67 bits per heavy atom. The Morgan fingerprint density at radius 2 is 2.13 bits per heavy atom. The standard InChI is InChI=1S/C9H9F3NO2/c1-3-14-8-6(2)7(4-5-13-8)15-9(10,11)12/h4-5H,2-3H2,1H3. The maximum absolute atomic E-state index is 11.9. The Balaban J connectivity index is 2.94. The Kier molecular flexibility index (Phi) is 3.39. The molecule has 1 aromatic rings. The van der Waals surface area contributed by atoms with E-state index in [-0.39, 0.29) is 11.4 Å². The number of aromatic nitrogens is 1. The summed E-state index contributed by atoms with van der Waals surface area (Å²) in [5.41, 5.74) is -0.0170. The van der Waals surface area contributed by atoms with Gasteiger partial charge in [-0.05, 0) is 19.9 Å². The van der Waals surface area contributed by atoms with Gasteiger partial charge in [-0.3, -0.25) is 0 Å². The third kappa shape index (κ3) is 3.30. The van der Waals surface area contributed by atoms with E-state index in [1.165, 1.54) is 6.20 Å². The van der Waals surface area contributed by atoms with Crippen LogP contribution in [0.4, 0.5) is 13.2 Å². The summed E-state index contributed by atoms with van der Waals surface area (Å²) in [7, 11) is 0.